The van der Waals surface area contributed by atoms with Crippen molar-refractivity contribution in [3.8, 4) is 5.75 Å². The van der Waals surface area contributed by atoms with Gasteiger partial charge in [-0.1, -0.05) is 12.1 Å². The first-order valence-electron chi connectivity index (χ1n) is 7.36. The summed E-state index contributed by atoms with van der Waals surface area (Å²) in [5.74, 6) is 0.930. The topological polar surface area (TPSA) is 38.5 Å². The number of methoxy groups -OCH3 is 1. The van der Waals surface area contributed by atoms with Crippen molar-refractivity contribution in [2.45, 2.75) is 56.8 Å². The Bertz CT molecular complexity index is 417. The average Bonchev–Trinajstić information content (AvgIpc) is 2.70. The van der Waals surface area contributed by atoms with E-state index in [2.05, 4.69) is 36.1 Å². The summed E-state index contributed by atoms with van der Waals surface area (Å²) >= 11 is 0. The third-order valence-electron chi connectivity index (χ3n) is 4.87. The number of nitrogens with zero attached hydrogens (tertiary/aromatic N) is 1. The SMILES string of the molecule is COc1ccc(C(C)N2C3CCC2CC(N)C3)cc1. The average molecular weight is 260 g/mol. The molecule has 2 heterocycles. The number of ether oxygens (including phenoxy) is 1. The Kier molecular flexibility index (Phi) is 3.50. The molecule has 3 nitrogen and oxygen atoms in total. The molecule has 1 aromatic carbocycles. The highest BCUT2D eigenvalue weighted by molar-refractivity contribution is 5.29. The monoisotopic (exact) mass is 260 g/mol. The lowest BCUT2D eigenvalue weighted by Gasteiger charge is -2.41. The van der Waals surface area contributed by atoms with E-state index in [9.17, 15) is 0 Å². The number of benzene rings is 1. The molecule has 3 atom stereocenters. The van der Waals surface area contributed by atoms with Gasteiger partial charge in [-0.15, -0.1) is 0 Å². The van der Waals surface area contributed by atoms with Crippen molar-refractivity contribution in [1.29, 1.82) is 0 Å². The van der Waals surface area contributed by atoms with E-state index >= 15 is 0 Å². The Morgan fingerprint density at radius 2 is 1.74 bits per heavy atom. The number of fused-ring (bicyclic) bond motifs is 2. The predicted molar refractivity (Wildman–Crippen MR) is 77.3 cm³/mol. The van der Waals surface area contributed by atoms with Gasteiger partial charge in [0, 0.05) is 24.2 Å². The van der Waals surface area contributed by atoms with Gasteiger partial charge in [0.2, 0.25) is 0 Å². The minimum atomic E-state index is 0.414. The summed E-state index contributed by atoms with van der Waals surface area (Å²) in [5, 5.41) is 0. The van der Waals surface area contributed by atoms with Gasteiger partial charge in [-0.2, -0.15) is 0 Å². The Hall–Kier alpha value is -1.06. The fourth-order valence-electron chi connectivity index (χ4n) is 3.94. The van der Waals surface area contributed by atoms with Gasteiger partial charge in [0.25, 0.3) is 0 Å². The standard InChI is InChI=1S/C16H24N2O/c1-11(12-3-7-16(19-2)8-4-12)18-14-5-6-15(18)10-13(17)9-14/h3-4,7-8,11,13-15H,5-6,9-10,17H2,1-2H3. The van der Waals surface area contributed by atoms with Crippen LogP contribution in [0.1, 0.15) is 44.2 Å². The Balaban J connectivity index is 1.78. The van der Waals surface area contributed by atoms with Crippen LogP contribution < -0.4 is 10.5 Å². The van der Waals surface area contributed by atoms with Crippen LogP contribution in [0, 0.1) is 0 Å². The first-order chi connectivity index (χ1) is 9.19. The number of nitrogens with two attached hydrogens (primary N) is 1. The van der Waals surface area contributed by atoms with E-state index < -0.39 is 0 Å². The number of piperidine rings is 1. The number of rotatable bonds is 3. The molecule has 3 rings (SSSR count). The molecule has 1 aromatic rings. The van der Waals surface area contributed by atoms with Crippen molar-refractivity contribution >= 4 is 0 Å². The molecule has 0 aliphatic carbocycles. The highest BCUT2D eigenvalue weighted by atomic mass is 16.5. The summed E-state index contributed by atoms with van der Waals surface area (Å²) in [6, 6.07) is 10.8. The fourth-order valence-corrected chi connectivity index (χ4v) is 3.94. The van der Waals surface area contributed by atoms with Crippen molar-refractivity contribution in [1.82, 2.24) is 4.90 Å². The normalized spacial score (nSPS) is 32.3. The van der Waals surface area contributed by atoms with Gasteiger partial charge in [0.05, 0.1) is 7.11 Å². The van der Waals surface area contributed by atoms with E-state index in [1.54, 1.807) is 7.11 Å². The van der Waals surface area contributed by atoms with Gasteiger partial charge in [0.1, 0.15) is 5.75 Å². The predicted octanol–water partition coefficient (Wildman–Crippen LogP) is 2.71. The van der Waals surface area contributed by atoms with E-state index in [-0.39, 0.29) is 0 Å². The van der Waals surface area contributed by atoms with Gasteiger partial charge in [-0.05, 0) is 50.3 Å². The molecular weight excluding hydrogens is 236 g/mol. The quantitative estimate of drug-likeness (QED) is 0.908. The molecule has 0 amide bonds. The van der Waals surface area contributed by atoms with E-state index in [4.69, 9.17) is 10.5 Å². The lowest BCUT2D eigenvalue weighted by atomic mass is 9.94. The molecule has 2 aliphatic rings. The summed E-state index contributed by atoms with van der Waals surface area (Å²) in [7, 11) is 1.71. The molecule has 2 N–H and O–H groups in total. The minimum Gasteiger partial charge on any atom is -0.497 e. The van der Waals surface area contributed by atoms with Crippen molar-refractivity contribution in [3.63, 3.8) is 0 Å². The Morgan fingerprint density at radius 1 is 1.16 bits per heavy atom. The largest absolute Gasteiger partial charge is 0.497 e. The maximum Gasteiger partial charge on any atom is 0.118 e. The second-order valence-electron chi connectivity index (χ2n) is 6.01. The molecule has 0 saturated carbocycles. The van der Waals surface area contributed by atoms with Crippen molar-refractivity contribution in [3.05, 3.63) is 29.8 Å². The van der Waals surface area contributed by atoms with Crippen LogP contribution in [0.2, 0.25) is 0 Å². The summed E-state index contributed by atoms with van der Waals surface area (Å²) in [5.41, 5.74) is 7.53. The van der Waals surface area contributed by atoms with E-state index in [0.29, 0.717) is 24.2 Å². The molecule has 3 unspecified atom stereocenters. The van der Waals surface area contributed by atoms with E-state index in [1.165, 1.54) is 18.4 Å². The maximum absolute atomic E-state index is 6.15. The molecule has 0 aromatic heterocycles. The lowest BCUT2D eigenvalue weighted by molar-refractivity contribution is 0.0854. The zero-order valence-corrected chi connectivity index (χ0v) is 11.9. The second kappa shape index (κ2) is 5.14. The third-order valence-corrected chi connectivity index (χ3v) is 4.87. The molecule has 104 valence electrons. The highest BCUT2D eigenvalue weighted by Crippen LogP contribution is 2.41. The Morgan fingerprint density at radius 3 is 2.26 bits per heavy atom. The van der Waals surface area contributed by atoms with Crippen LogP contribution in [0.4, 0.5) is 0 Å². The van der Waals surface area contributed by atoms with E-state index in [1.807, 2.05) is 0 Å². The van der Waals surface area contributed by atoms with Crippen LogP contribution in [0.25, 0.3) is 0 Å². The van der Waals surface area contributed by atoms with Crippen LogP contribution >= 0.6 is 0 Å². The summed E-state index contributed by atoms with van der Waals surface area (Å²) in [6.45, 7) is 2.32. The second-order valence-corrected chi connectivity index (χ2v) is 6.01. The summed E-state index contributed by atoms with van der Waals surface area (Å²) in [6.07, 6.45) is 4.96. The number of hydrogen-bond acceptors (Lipinski definition) is 3. The summed E-state index contributed by atoms with van der Waals surface area (Å²) < 4.78 is 5.23. The molecule has 2 aliphatic heterocycles. The van der Waals surface area contributed by atoms with Gasteiger partial charge in [-0.25, -0.2) is 0 Å². The molecule has 2 bridgehead atoms. The van der Waals surface area contributed by atoms with Crippen molar-refractivity contribution in [2.75, 3.05) is 7.11 Å². The van der Waals surface area contributed by atoms with Crippen LogP contribution in [0.15, 0.2) is 24.3 Å². The maximum atomic E-state index is 6.15. The smallest absolute Gasteiger partial charge is 0.118 e. The van der Waals surface area contributed by atoms with Gasteiger partial charge >= 0.3 is 0 Å². The zero-order valence-electron chi connectivity index (χ0n) is 11.9. The zero-order chi connectivity index (χ0) is 13.4. The molecule has 0 spiro atoms. The Labute approximate surface area is 115 Å². The molecule has 0 radical (unpaired) electrons. The van der Waals surface area contributed by atoms with E-state index in [0.717, 1.165) is 18.6 Å². The fraction of sp³-hybridized carbons (Fsp3) is 0.625. The lowest BCUT2D eigenvalue weighted by Crippen LogP contribution is -2.48. The van der Waals surface area contributed by atoms with Crippen LogP contribution in [-0.4, -0.2) is 30.1 Å². The van der Waals surface area contributed by atoms with Gasteiger partial charge < -0.3 is 10.5 Å². The third kappa shape index (κ3) is 2.37. The summed E-state index contributed by atoms with van der Waals surface area (Å²) in [4.78, 5) is 2.70. The molecule has 3 heteroatoms. The first-order valence-corrected chi connectivity index (χ1v) is 7.36. The molecule has 19 heavy (non-hydrogen) atoms. The van der Waals surface area contributed by atoms with Gasteiger partial charge in [0.15, 0.2) is 0 Å². The van der Waals surface area contributed by atoms with Gasteiger partial charge in [-0.3, -0.25) is 4.90 Å². The van der Waals surface area contributed by atoms with Crippen molar-refractivity contribution in [2.24, 2.45) is 5.73 Å². The molecular formula is C16H24N2O. The van der Waals surface area contributed by atoms with Crippen molar-refractivity contribution < 1.29 is 4.74 Å². The minimum absolute atomic E-state index is 0.414. The number of hydrogen-bond donors (Lipinski definition) is 1. The highest BCUT2D eigenvalue weighted by Gasteiger charge is 2.41. The molecule has 2 fully saturated rings. The van der Waals surface area contributed by atoms with Crippen LogP contribution in [0.5, 0.6) is 5.75 Å². The first kappa shape index (κ1) is 12.9. The van der Waals surface area contributed by atoms with Crippen LogP contribution in [-0.2, 0) is 0 Å². The molecule has 2 saturated heterocycles. The van der Waals surface area contributed by atoms with Crippen LogP contribution in [0.3, 0.4) is 0 Å².